The first-order valence-corrected chi connectivity index (χ1v) is 5.04. The van der Waals surface area contributed by atoms with Crippen molar-refractivity contribution < 1.29 is 9.90 Å². The summed E-state index contributed by atoms with van der Waals surface area (Å²) in [6.45, 7) is 0.565. The van der Waals surface area contributed by atoms with Crippen LogP contribution in [0.15, 0.2) is 22.9 Å². The number of hydrogen-bond donors (Lipinski definition) is 2. The molecule has 14 heavy (non-hydrogen) atoms. The normalized spacial score (nSPS) is 9.86. The molecule has 0 radical (unpaired) electrons. The molecule has 1 aromatic rings. The number of pyridine rings is 1. The Labute approximate surface area is 90.5 Å². The average molecular weight is 259 g/mol. The van der Waals surface area contributed by atoms with Gasteiger partial charge in [-0.3, -0.25) is 4.79 Å². The second-order valence-electron chi connectivity index (χ2n) is 2.70. The van der Waals surface area contributed by atoms with Gasteiger partial charge in [0.15, 0.2) is 0 Å². The summed E-state index contributed by atoms with van der Waals surface area (Å²) in [5.74, 6) is -0.151. The lowest BCUT2D eigenvalue weighted by molar-refractivity contribution is 0.0951. The lowest BCUT2D eigenvalue weighted by Gasteiger charge is -2.03. The Kier molecular flexibility index (Phi) is 4.55. The first-order chi connectivity index (χ1) is 6.74. The highest BCUT2D eigenvalue weighted by atomic mass is 79.9. The summed E-state index contributed by atoms with van der Waals surface area (Å²) in [6, 6.07) is 3.29. The van der Waals surface area contributed by atoms with Crippen LogP contribution in [0.1, 0.15) is 16.8 Å². The largest absolute Gasteiger partial charge is 0.396 e. The first kappa shape index (κ1) is 11.1. The predicted molar refractivity (Wildman–Crippen MR) is 56.0 cm³/mol. The minimum atomic E-state index is -0.151. The number of carbonyl (C=O) groups is 1. The number of aromatic nitrogens is 1. The third-order valence-corrected chi connectivity index (χ3v) is 2.04. The zero-order valence-corrected chi connectivity index (χ0v) is 9.12. The molecule has 4 nitrogen and oxygen atoms in total. The van der Waals surface area contributed by atoms with E-state index in [1.807, 2.05) is 0 Å². The van der Waals surface area contributed by atoms with E-state index in [2.05, 4.69) is 26.2 Å². The van der Waals surface area contributed by atoms with E-state index in [1.54, 1.807) is 18.3 Å². The third kappa shape index (κ3) is 3.43. The van der Waals surface area contributed by atoms with Crippen LogP contribution in [0, 0.1) is 0 Å². The molecular formula is C9H11BrN2O2. The number of halogens is 1. The topological polar surface area (TPSA) is 62.2 Å². The summed E-state index contributed by atoms with van der Waals surface area (Å²) < 4.78 is 0.632. The molecule has 1 rings (SSSR count). The maximum atomic E-state index is 11.4. The van der Waals surface area contributed by atoms with Crippen LogP contribution >= 0.6 is 15.9 Å². The molecule has 0 aromatic carbocycles. The van der Waals surface area contributed by atoms with Crippen molar-refractivity contribution in [1.82, 2.24) is 10.3 Å². The Morgan fingerprint density at radius 3 is 3.07 bits per heavy atom. The van der Waals surface area contributed by atoms with E-state index < -0.39 is 0 Å². The number of amides is 1. The molecular weight excluding hydrogens is 248 g/mol. The van der Waals surface area contributed by atoms with Crippen LogP contribution in [0.4, 0.5) is 0 Å². The number of hydrogen-bond acceptors (Lipinski definition) is 3. The van der Waals surface area contributed by atoms with Crippen LogP contribution in [0.2, 0.25) is 0 Å². The molecule has 0 unspecified atom stereocenters. The van der Waals surface area contributed by atoms with Gasteiger partial charge in [0.1, 0.15) is 4.60 Å². The molecule has 0 saturated heterocycles. The van der Waals surface area contributed by atoms with Crippen LogP contribution < -0.4 is 5.32 Å². The van der Waals surface area contributed by atoms with Gasteiger partial charge in [0.05, 0.1) is 0 Å². The third-order valence-electron chi connectivity index (χ3n) is 1.61. The molecule has 5 heteroatoms. The molecule has 76 valence electrons. The molecule has 0 aliphatic carbocycles. The van der Waals surface area contributed by atoms with E-state index in [-0.39, 0.29) is 12.5 Å². The van der Waals surface area contributed by atoms with Gasteiger partial charge in [0, 0.05) is 24.9 Å². The smallest absolute Gasteiger partial charge is 0.251 e. The van der Waals surface area contributed by atoms with Gasteiger partial charge in [-0.15, -0.1) is 0 Å². The summed E-state index contributed by atoms with van der Waals surface area (Å²) in [6.07, 6.45) is 2.13. The van der Waals surface area contributed by atoms with E-state index in [0.717, 1.165) is 0 Å². The molecule has 0 atom stereocenters. The summed E-state index contributed by atoms with van der Waals surface area (Å²) >= 11 is 3.18. The van der Waals surface area contributed by atoms with E-state index in [9.17, 15) is 4.79 Å². The minimum Gasteiger partial charge on any atom is -0.396 e. The lowest BCUT2D eigenvalue weighted by atomic mass is 10.2. The fraction of sp³-hybridized carbons (Fsp3) is 0.333. The number of aliphatic hydroxyl groups excluding tert-OH is 1. The standard InChI is InChI=1S/C9H11BrN2O2/c10-8-6-7(2-4-11-8)9(14)12-3-1-5-13/h2,4,6,13H,1,3,5H2,(H,12,14). The highest BCUT2D eigenvalue weighted by molar-refractivity contribution is 9.10. The van der Waals surface area contributed by atoms with E-state index in [0.29, 0.717) is 23.1 Å². The number of nitrogens with zero attached hydrogens (tertiary/aromatic N) is 1. The van der Waals surface area contributed by atoms with Gasteiger partial charge in [-0.1, -0.05) is 0 Å². The van der Waals surface area contributed by atoms with Crippen molar-refractivity contribution in [3.63, 3.8) is 0 Å². The van der Waals surface area contributed by atoms with Gasteiger partial charge in [-0.05, 0) is 34.5 Å². The number of rotatable bonds is 4. The van der Waals surface area contributed by atoms with Gasteiger partial charge < -0.3 is 10.4 Å². The number of carbonyl (C=O) groups excluding carboxylic acids is 1. The average Bonchev–Trinajstić information content (AvgIpc) is 2.18. The van der Waals surface area contributed by atoms with Crippen molar-refractivity contribution in [1.29, 1.82) is 0 Å². The highest BCUT2D eigenvalue weighted by Gasteiger charge is 2.04. The number of aliphatic hydroxyl groups is 1. The van der Waals surface area contributed by atoms with Crippen molar-refractivity contribution >= 4 is 21.8 Å². The maximum absolute atomic E-state index is 11.4. The molecule has 0 aliphatic heterocycles. The molecule has 0 fully saturated rings. The van der Waals surface area contributed by atoms with Gasteiger partial charge >= 0.3 is 0 Å². The van der Waals surface area contributed by atoms with Crippen molar-refractivity contribution in [2.75, 3.05) is 13.2 Å². The molecule has 0 saturated carbocycles. The molecule has 1 aromatic heterocycles. The lowest BCUT2D eigenvalue weighted by Crippen LogP contribution is -2.25. The zero-order valence-electron chi connectivity index (χ0n) is 7.53. The Morgan fingerprint density at radius 2 is 2.43 bits per heavy atom. The van der Waals surface area contributed by atoms with Crippen molar-refractivity contribution in [2.24, 2.45) is 0 Å². The fourth-order valence-corrected chi connectivity index (χ4v) is 1.29. The summed E-state index contributed by atoms with van der Waals surface area (Å²) in [7, 11) is 0. The minimum absolute atomic E-state index is 0.0837. The van der Waals surface area contributed by atoms with Gasteiger partial charge in [0.25, 0.3) is 5.91 Å². The quantitative estimate of drug-likeness (QED) is 0.625. The van der Waals surface area contributed by atoms with Crippen LogP contribution in [-0.2, 0) is 0 Å². The van der Waals surface area contributed by atoms with E-state index >= 15 is 0 Å². The van der Waals surface area contributed by atoms with Crippen molar-refractivity contribution in [3.05, 3.63) is 28.5 Å². The van der Waals surface area contributed by atoms with Crippen LogP contribution in [0.3, 0.4) is 0 Å². The molecule has 1 heterocycles. The van der Waals surface area contributed by atoms with Crippen molar-refractivity contribution in [3.8, 4) is 0 Å². The SMILES string of the molecule is O=C(NCCCO)c1ccnc(Br)c1. The Balaban J connectivity index is 2.52. The Hall–Kier alpha value is -0.940. The van der Waals surface area contributed by atoms with E-state index in [1.165, 1.54) is 0 Å². The molecule has 0 aliphatic rings. The van der Waals surface area contributed by atoms with Gasteiger partial charge in [0.2, 0.25) is 0 Å². The second-order valence-corrected chi connectivity index (χ2v) is 3.51. The maximum Gasteiger partial charge on any atom is 0.251 e. The Bertz CT molecular complexity index is 317. The van der Waals surface area contributed by atoms with Gasteiger partial charge in [-0.25, -0.2) is 4.98 Å². The molecule has 0 bridgehead atoms. The zero-order chi connectivity index (χ0) is 10.4. The van der Waals surface area contributed by atoms with Crippen molar-refractivity contribution in [2.45, 2.75) is 6.42 Å². The molecule has 0 spiro atoms. The Morgan fingerprint density at radius 1 is 1.64 bits per heavy atom. The number of nitrogens with one attached hydrogen (secondary N) is 1. The van der Waals surface area contributed by atoms with Crippen LogP contribution in [-0.4, -0.2) is 29.1 Å². The summed E-state index contributed by atoms with van der Waals surface area (Å²) in [4.78, 5) is 15.3. The van der Waals surface area contributed by atoms with Crippen LogP contribution in [0.25, 0.3) is 0 Å². The fourth-order valence-electron chi connectivity index (χ4n) is 0.927. The predicted octanol–water partition coefficient (Wildman–Crippen LogP) is 0.956. The van der Waals surface area contributed by atoms with Gasteiger partial charge in [-0.2, -0.15) is 0 Å². The molecule has 1 amide bonds. The van der Waals surface area contributed by atoms with E-state index in [4.69, 9.17) is 5.11 Å². The second kappa shape index (κ2) is 5.72. The summed E-state index contributed by atoms with van der Waals surface area (Å²) in [5, 5.41) is 11.2. The highest BCUT2D eigenvalue weighted by Crippen LogP contribution is 2.07. The summed E-state index contributed by atoms with van der Waals surface area (Å²) in [5.41, 5.74) is 0.560. The molecule has 2 N–H and O–H groups in total. The monoisotopic (exact) mass is 258 g/mol. The van der Waals surface area contributed by atoms with Crippen LogP contribution in [0.5, 0.6) is 0 Å². The first-order valence-electron chi connectivity index (χ1n) is 4.24.